The van der Waals surface area contributed by atoms with Crippen molar-refractivity contribution < 1.29 is 14.3 Å². The monoisotopic (exact) mass is 298 g/mol. The lowest BCUT2D eigenvalue weighted by Gasteiger charge is -2.36. The fourth-order valence-electron chi connectivity index (χ4n) is 2.34. The number of hydrogen-bond donors (Lipinski definition) is 1. The Bertz CT molecular complexity index is 507. The number of morpholine rings is 1. The number of benzene rings is 1. The third-order valence-electron chi connectivity index (χ3n) is 3.24. The predicted octanol–water partition coefficient (Wildman–Crippen LogP) is 2.32. The van der Waals surface area contributed by atoms with E-state index in [1.54, 1.807) is 19.1 Å². The highest BCUT2D eigenvalue weighted by Gasteiger charge is 2.27. The molecule has 1 aliphatic heterocycles. The number of anilines is 2. The van der Waals surface area contributed by atoms with Crippen LogP contribution in [0.25, 0.3) is 0 Å². The second kappa shape index (κ2) is 6.33. The number of rotatable bonds is 3. The van der Waals surface area contributed by atoms with Crippen molar-refractivity contribution in [2.45, 2.75) is 19.9 Å². The van der Waals surface area contributed by atoms with E-state index in [1.807, 2.05) is 6.92 Å². The second-order valence-corrected chi connectivity index (χ2v) is 5.14. The largest absolute Gasteiger partial charge is 0.462 e. The molecule has 1 aliphatic rings. The molecule has 0 aromatic heterocycles. The molecule has 0 radical (unpaired) electrons. The predicted molar refractivity (Wildman–Crippen MR) is 79.4 cm³/mol. The summed E-state index contributed by atoms with van der Waals surface area (Å²) < 4.78 is 10.5. The van der Waals surface area contributed by atoms with Crippen LogP contribution in [0.5, 0.6) is 0 Å². The number of carbonyl (C=O) groups is 1. The lowest BCUT2D eigenvalue weighted by atomic mass is 10.1. The minimum atomic E-state index is -0.407. The molecule has 1 heterocycles. The van der Waals surface area contributed by atoms with Crippen molar-refractivity contribution in [2.24, 2.45) is 0 Å². The molecule has 1 aromatic carbocycles. The molecule has 2 N–H and O–H groups in total. The number of halogens is 1. The van der Waals surface area contributed by atoms with Gasteiger partial charge in [-0.15, -0.1) is 0 Å². The summed E-state index contributed by atoms with van der Waals surface area (Å²) in [4.78, 5) is 14.2. The first kappa shape index (κ1) is 14.9. The average Bonchev–Trinajstić information content (AvgIpc) is 2.39. The van der Waals surface area contributed by atoms with Crippen molar-refractivity contribution in [3.63, 3.8) is 0 Å². The molecule has 0 aliphatic carbocycles. The third kappa shape index (κ3) is 2.99. The highest BCUT2D eigenvalue weighted by molar-refractivity contribution is 6.34. The number of nitrogen functional groups attached to an aromatic ring is 1. The highest BCUT2D eigenvalue weighted by atomic mass is 35.5. The Kier molecular flexibility index (Phi) is 4.73. The van der Waals surface area contributed by atoms with E-state index in [9.17, 15) is 4.79 Å². The Morgan fingerprint density at radius 1 is 1.60 bits per heavy atom. The van der Waals surface area contributed by atoms with E-state index in [1.165, 1.54) is 0 Å². The quantitative estimate of drug-likeness (QED) is 0.685. The van der Waals surface area contributed by atoms with E-state index in [0.29, 0.717) is 48.3 Å². The maximum Gasteiger partial charge on any atom is 0.340 e. The van der Waals surface area contributed by atoms with Crippen LogP contribution in [0, 0.1) is 0 Å². The molecule has 0 spiro atoms. The van der Waals surface area contributed by atoms with Crippen molar-refractivity contribution >= 4 is 28.9 Å². The van der Waals surface area contributed by atoms with E-state index >= 15 is 0 Å². The van der Waals surface area contributed by atoms with Gasteiger partial charge in [0.25, 0.3) is 0 Å². The van der Waals surface area contributed by atoms with Gasteiger partial charge in [-0.25, -0.2) is 4.79 Å². The Morgan fingerprint density at radius 2 is 2.35 bits per heavy atom. The van der Waals surface area contributed by atoms with Gasteiger partial charge in [-0.2, -0.15) is 0 Å². The number of nitrogens with two attached hydrogens (primary N) is 1. The van der Waals surface area contributed by atoms with E-state index in [2.05, 4.69) is 4.90 Å². The molecule has 1 fully saturated rings. The number of hydrogen-bond acceptors (Lipinski definition) is 5. The minimum Gasteiger partial charge on any atom is -0.462 e. The van der Waals surface area contributed by atoms with Gasteiger partial charge in [-0.3, -0.25) is 0 Å². The van der Waals surface area contributed by atoms with Crippen LogP contribution in [0.2, 0.25) is 5.02 Å². The fourth-order valence-corrected chi connectivity index (χ4v) is 2.67. The molecule has 1 saturated heterocycles. The highest BCUT2D eigenvalue weighted by Crippen LogP contribution is 2.35. The molecule has 0 bridgehead atoms. The van der Waals surface area contributed by atoms with Gasteiger partial charge in [-0.05, 0) is 26.0 Å². The Morgan fingerprint density at radius 3 is 3.00 bits per heavy atom. The molecule has 1 aromatic rings. The fraction of sp³-hybridized carbons (Fsp3) is 0.500. The molecule has 0 amide bonds. The van der Waals surface area contributed by atoms with Gasteiger partial charge in [0.05, 0.1) is 36.1 Å². The summed E-state index contributed by atoms with van der Waals surface area (Å²) in [6, 6.07) is 3.40. The van der Waals surface area contributed by atoms with Crippen LogP contribution in [-0.2, 0) is 9.47 Å². The topological polar surface area (TPSA) is 64.8 Å². The lowest BCUT2D eigenvalue weighted by molar-refractivity contribution is 0.0525. The van der Waals surface area contributed by atoms with Crippen molar-refractivity contribution in [1.82, 2.24) is 0 Å². The van der Waals surface area contributed by atoms with Crippen LogP contribution in [0.15, 0.2) is 12.1 Å². The standard InChI is InChI=1S/C14H19ClN2O3/c1-3-20-14(18)11-6-10(16)7-12(15)13(11)17-4-5-19-8-9(17)2/h6-7,9H,3-5,8,16H2,1-2H3. The molecule has 5 nitrogen and oxygen atoms in total. The Labute approximate surface area is 123 Å². The van der Waals surface area contributed by atoms with Crippen molar-refractivity contribution in [2.75, 3.05) is 37.0 Å². The van der Waals surface area contributed by atoms with Crippen LogP contribution >= 0.6 is 11.6 Å². The summed E-state index contributed by atoms with van der Waals surface area (Å²) >= 11 is 6.31. The van der Waals surface area contributed by atoms with Crippen LogP contribution in [0.1, 0.15) is 24.2 Å². The maximum atomic E-state index is 12.1. The van der Waals surface area contributed by atoms with Gasteiger partial charge in [0.1, 0.15) is 0 Å². The van der Waals surface area contributed by atoms with E-state index in [-0.39, 0.29) is 6.04 Å². The smallest absolute Gasteiger partial charge is 0.340 e. The summed E-state index contributed by atoms with van der Waals surface area (Å²) in [5.41, 5.74) is 7.32. The lowest BCUT2D eigenvalue weighted by Crippen LogP contribution is -2.44. The first-order valence-corrected chi connectivity index (χ1v) is 7.03. The normalized spacial score (nSPS) is 18.9. The van der Waals surface area contributed by atoms with Gasteiger partial charge < -0.3 is 20.1 Å². The number of carbonyl (C=O) groups excluding carboxylic acids is 1. The zero-order valence-electron chi connectivity index (χ0n) is 11.7. The van der Waals surface area contributed by atoms with Crippen molar-refractivity contribution in [1.29, 1.82) is 0 Å². The second-order valence-electron chi connectivity index (χ2n) is 4.74. The summed E-state index contributed by atoms with van der Waals surface area (Å²) in [5.74, 6) is -0.407. The summed E-state index contributed by atoms with van der Waals surface area (Å²) in [6.45, 7) is 5.99. The van der Waals surface area contributed by atoms with Crippen molar-refractivity contribution in [3.8, 4) is 0 Å². The van der Waals surface area contributed by atoms with Crippen molar-refractivity contribution in [3.05, 3.63) is 22.7 Å². The molecule has 6 heteroatoms. The van der Waals surface area contributed by atoms with E-state index < -0.39 is 5.97 Å². The minimum absolute atomic E-state index is 0.137. The first-order valence-electron chi connectivity index (χ1n) is 6.65. The Hall–Kier alpha value is -1.46. The summed E-state index contributed by atoms with van der Waals surface area (Å²) in [7, 11) is 0. The first-order chi connectivity index (χ1) is 9.54. The molecule has 110 valence electrons. The zero-order chi connectivity index (χ0) is 14.7. The average molecular weight is 299 g/mol. The Balaban J connectivity index is 2.46. The number of nitrogens with zero attached hydrogens (tertiary/aromatic N) is 1. The van der Waals surface area contributed by atoms with Gasteiger partial charge >= 0.3 is 5.97 Å². The maximum absolute atomic E-state index is 12.1. The number of ether oxygens (including phenoxy) is 2. The van der Waals surface area contributed by atoms with Crippen LogP contribution in [0.4, 0.5) is 11.4 Å². The summed E-state index contributed by atoms with van der Waals surface area (Å²) in [6.07, 6.45) is 0. The molecule has 0 saturated carbocycles. The van der Waals surface area contributed by atoms with Gasteiger partial charge in [0, 0.05) is 18.3 Å². The molecule has 20 heavy (non-hydrogen) atoms. The SMILES string of the molecule is CCOC(=O)c1cc(N)cc(Cl)c1N1CCOCC1C. The molecular formula is C14H19ClN2O3. The van der Waals surface area contributed by atoms with Crippen LogP contribution in [-0.4, -0.2) is 38.4 Å². The van der Waals surface area contributed by atoms with Gasteiger partial charge in [0.15, 0.2) is 0 Å². The van der Waals surface area contributed by atoms with Crippen LogP contribution < -0.4 is 10.6 Å². The van der Waals surface area contributed by atoms with Crippen LogP contribution in [0.3, 0.4) is 0 Å². The molecular weight excluding hydrogens is 280 g/mol. The summed E-state index contributed by atoms with van der Waals surface area (Å²) in [5, 5.41) is 0.460. The van der Waals surface area contributed by atoms with Gasteiger partial charge in [-0.1, -0.05) is 11.6 Å². The molecule has 1 unspecified atom stereocenters. The molecule has 2 rings (SSSR count). The van der Waals surface area contributed by atoms with E-state index in [0.717, 1.165) is 0 Å². The molecule has 1 atom stereocenters. The van der Waals surface area contributed by atoms with E-state index in [4.69, 9.17) is 26.8 Å². The zero-order valence-corrected chi connectivity index (χ0v) is 12.4. The third-order valence-corrected chi connectivity index (χ3v) is 3.52. The van der Waals surface area contributed by atoms with Gasteiger partial charge in [0.2, 0.25) is 0 Å². The number of esters is 1.